The Bertz CT molecular complexity index is 684. The van der Waals surface area contributed by atoms with Gasteiger partial charge in [-0.25, -0.2) is 17.4 Å². The third-order valence-electron chi connectivity index (χ3n) is 3.52. The van der Waals surface area contributed by atoms with Crippen LogP contribution in [-0.2, 0) is 10.0 Å². The van der Waals surface area contributed by atoms with Crippen LogP contribution in [0, 0.1) is 0 Å². The van der Waals surface area contributed by atoms with E-state index in [1.165, 1.54) is 3.97 Å². The van der Waals surface area contributed by atoms with Crippen LogP contribution >= 0.6 is 0 Å². The maximum atomic E-state index is 12.6. The number of imidazole rings is 1. The number of fused-ring (bicyclic) bond motifs is 1. The molecule has 0 unspecified atom stereocenters. The summed E-state index contributed by atoms with van der Waals surface area (Å²) >= 11 is 0. The van der Waals surface area contributed by atoms with Crippen LogP contribution in [-0.4, -0.2) is 22.6 Å². The minimum Gasteiger partial charge on any atom is -0.368 e. The van der Waals surface area contributed by atoms with Gasteiger partial charge in [-0.3, -0.25) is 0 Å². The van der Waals surface area contributed by atoms with Crippen LogP contribution in [0.1, 0.15) is 25.7 Å². The van der Waals surface area contributed by atoms with Crippen molar-refractivity contribution in [3.63, 3.8) is 0 Å². The maximum Gasteiger partial charge on any atom is 0.244 e. The minimum absolute atomic E-state index is 0.0584. The number of aromatic nitrogens is 2. The molecule has 1 heterocycles. The molecular formula is C12H15N3O2S. The average Bonchev–Trinajstić information content (AvgIpc) is 2.94. The van der Waals surface area contributed by atoms with Gasteiger partial charge in [0.25, 0.3) is 0 Å². The van der Waals surface area contributed by atoms with E-state index in [1.807, 2.05) is 6.07 Å². The summed E-state index contributed by atoms with van der Waals surface area (Å²) in [6.45, 7) is 0. The second-order valence-electron chi connectivity index (χ2n) is 4.67. The van der Waals surface area contributed by atoms with Gasteiger partial charge in [0, 0.05) is 0 Å². The molecule has 18 heavy (non-hydrogen) atoms. The molecule has 1 aliphatic carbocycles. The number of nitrogen functional groups attached to an aromatic ring is 1. The van der Waals surface area contributed by atoms with E-state index in [4.69, 9.17) is 5.73 Å². The monoisotopic (exact) mass is 265 g/mol. The maximum absolute atomic E-state index is 12.6. The lowest BCUT2D eigenvalue weighted by Crippen LogP contribution is -2.26. The molecule has 1 aromatic carbocycles. The van der Waals surface area contributed by atoms with Gasteiger partial charge in [-0.2, -0.15) is 0 Å². The molecule has 0 radical (unpaired) electrons. The summed E-state index contributed by atoms with van der Waals surface area (Å²) < 4.78 is 26.4. The molecule has 5 nitrogen and oxygen atoms in total. The molecule has 96 valence electrons. The molecule has 6 heteroatoms. The van der Waals surface area contributed by atoms with Crippen molar-refractivity contribution in [1.82, 2.24) is 8.96 Å². The van der Waals surface area contributed by atoms with Crippen molar-refractivity contribution in [3.8, 4) is 0 Å². The highest BCUT2D eigenvalue weighted by Gasteiger charge is 2.32. The fourth-order valence-electron chi connectivity index (χ4n) is 2.63. The van der Waals surface area contributed by atoms with Crippen LogP contribution in [0.15, 0.2) is 24.3 Å². The third kappa shape index (κ3) is 1.59. The summed E-state index contributed by atoms with van der Waals surface area (Å²) in [5.41, 5.74) is 6.97. The van der Waals surface area contributed by atoms with Crippen LogP contribution < -0.4 is 5.73 Å². The molecule has 0 amide bonds. The van der Waals surface area contributed by atoms with E-state index in [0.717, 1.165) is 12.8 Å². The molecule has 0 aliphatic heterocycles. The second kappa shape index (κ2) is 3.98. The fourth-order valence-corrected chi connectivity index (χ4v) is 4.58. The van der Waals surface area contributed by atoms with Gasteiger partial charge in [0.05, 0.1) is 16.3 Å². The topological polar surface area (TPSA) is 78.0 Å². The average molecular weight is 265 g/mol. The molecule has 1 aromatic heterocycles. The van der Waals surface area contributed by atoms with E-state index in [1.54, 1.807) is 18.2 Å². The lowest BCUT2D eigenvalue weighted by atomic mass is 10.3. The summed E-state index contributed by atoms with van der Waals surface area (Å²) in [5.74, 6) is 0.0584. The number of para-hydroxylation sites is 2. The van der Waals surface area contributed by atoms with Gasteiger partial charge >= 0.3 is 0 Å². The molecule has 0 atom stereocenters. The Kier molecular flexibility index (Phi) is 2.55. The van der Waals surface area contributed by atoms with Crippen molar-refractivity contribution < 1.29 is 8.42 Å². The van der Waals surface area contributed by atoms with Crippen LogP contribution in [0.25, 0.3) is 11.0 Å². The minimum atomic E-state index is -3.42. The van der Waals surface area contributed by atoms with Crippen molar-refractivity contribution >= 4 is 27.0 Å². The van der Waals surface area contributed by atoms with Gasteiger partial charge in [0.15, 0.2) is 0 Å². The van der Waals surface area contributed by atoms with E-state index in [-0.39, 0.29) is 11.2 Å². The van der Waals surface area contributed by atoms with Crippen LogP contribution in [0.5, 0.6) is 0 Å². The number of nitrogens with zero attached hydrogens (tertiary/aromatic N) is 2. The lowest BCUT2D eigenvalue weighted by Gasteiger charge is -2.13. The van der Waals surface area contributed by atoms with E-state index in [2.05, 4.69) is 4.98 Å². The van der Waals surface area contributed by atoms with Gasteiger partial charge in [0.1, 0.15) is 0 Å². The number of anilines is 1. The van der Waals surface area contributed by atoms with E-state index >= 15 is 0 Å². The zero-order valence-corrected chi connectivity index (χ0v) is 10.7. The number of hydrogen-bond acceptors (Lipinski definition) is 4. The van der Waals surface area contributed by atoms with E-state index < -0.39 is 10.0 Å². The molecule has 2 N–H and O–H groups in total. The number of rotatable bonds is 2. The molecule has 1 saturated carbocycles. The van der Waals surface area contributed by atoms with Crippen LogP contribution in [0.4, 0.5) is 5.95 Å². The molecule has 0 saturated heterocycles. The van der Waals surface area contributed by atoms with Gasteiger partial charge in [0.2, 0.25) is 16.0 Å². The summed E-state index contributed by atoms with van der Waals surface area (Å²) in [4.78, 5) is 4.11. The van der Waals surface area contributed by atoms with Crippen LogP contribution in [0.2, 0.25) is 0 Å². The highest BCUT2D eigenvalue weighted by Crippen LogP contribution is 2.29. The smallest absolute Gasteiger partial charge is 0.244 e. The Labute approximate surface area is 106 Å². The highest BCUT2D eigenvalue weighted by atomic mass is 32.2. The van der Waals surface area contributed by atoms with Crippen molar-refractivity contribution in [1.29, 1.82) is 0 Å². The Morgan fingerprint density at radius 1 is 1.22 bits per heavy atom. The quantitative estimate of drug-likeness (QED) is 0.897. The number of hydrogen-bond donors (Lipinski definition) is 1. The molecule has 2 aromatic rings. The molecule has 0 bridgehead atoms. The van der Waals surface area contributed by atoms with Crippen molar-refractivity contribution in [2.24, 2.45) is 0 Å². The van der Waals surface area contributed by atoms with E-state index in [0.29, 0.717) is 23.9 Å². The Hall–Kier alpha value is -1.56. The highest BCUT2D eigenvalue weighted by molar-refractivity contribution is 7.90. The van der Waals surface area contributed by atoms with Gasteiger partial charge in [-0.15, -0.1) is 0 Å². The van der Waals surface area contributed by atoms with Gasteiger partial charge in [-0.05, 0) is 25.0 Å². The number of nitrogens with two attached hydrogens (primary N) is 1. The first kappa shape index (κ1) is 11.5. The molecule has 1 fully saturated rings. The van der Waals surface area contributed by atoms with Crippen molar-refractivity contribution in [3.05, 3.63) is 24.3 Å². The van der Waals surface area contributed by atoms with Crippen molar-refractivity contribution in [2.45, 2.75) is 30.9 Å². The fraction of sp³-hybridized carbons (Fsp3) is 0.417. The third-order valence-corrected chi connectivity index (χ3v) is 5.73. The van der Waals surface area contributed by atoms with Gasteiger partial charge in [-0.1, -0.05) is 25.0 Å². The Morgan fingerprint density at radius 3 is 2.61 bits per heavy atom. The van der Waals surface area contributed by atoms with E-state index in [9.17, 15) is 8.42 Å². The van der Waals surface area contributed by atoms with Gasteiger partial charge < -0.3 is 5.73 Å². The largest absolute Gasteiger partial charge is 0.368 e. The Morgan fingerprint density at radius 2 is 1.89 bits per heavy atom. The summed E-state index contributed by atoms with van der Waals surface area (Å²) in [6, 6.07) is 7.13. The number of benzene rings is 1. The molecular weight excluding hydrogens is 250 g/mol. The molecule has 1 aliphatic rings. The summed E-state index contributed by atoms with van der Waals surface area (Å²) in [5, 5.41) is -0.322. The normalized spacial score (nSPS) is 17.6. The molecule has 3 rings (SSSR count). The SMILES string of the molecule is Nc1nc2ccccc2n1S(=O)(=O)C1CCCC1. The lowest BCUT2D eigenvalue weighted by molar-refractivity contribution is 0.572. The second-order valence-corrected chi connectivity index (χ2v) is 6.74. The Balaban J connectivity index is 2.22. The summed E-state index contributed by atoms with van der Waals surface area (Å²) in [6.07, 6.45) is 3.37. The zero-order chi connectivity index (χ0) is 12.8. The first-order chi connectivity index (χ1) is 8.60. The first-order valence-corrected chi connectivity index (χ1v) is 7.58. The predicted octanol–water partition coefficient (Wildman–Crippen LogP) is 1.74. The van der Waals surface area contributed by atoms with Crippen LogP contribution in [0.3, 0.4) is 0 Å². The summed E-state index contributed by atoms with van der Waals surface area (Å²) in [7, 11) is -3.42. The molecule has 0 spiro atoms. The standard InChI is InChI=1S/C12H15N3O2S/c13-12-14-10-7-3-4-8-11(10)15(12)18(16,17)9-5-1-2-6-9/h3-4,7-9H,1-2,5-6H2,(H2,13,14). The first-order valence-electron chi connectivity index (χ1n) is 6.08. The zero-order valence-electron chi connectivity index (χ0n) is 9.91. The predicted molar refractivity (Wildman–Crippen MR) is 70.7 cm³/mol. The van der Waals surface area contributed by atoms with Crippen molar-refractivity contribution in [2.75, 3.05) is 5.73 Å².